The first-order chi connectivity index (χ1) is 29.8. The van der Waals surface area contributed by atoms with Crippen molar-refractivity contribution in [3.63, 3.8) is 0 Å². The highest BCUT2D eigenvalue weighted by Crippen LogP contribution is 2.41. The molecule has 2 fully saturated rings. The van der Waals surface area contributed by atoms with E-state index in [1.54, 1.807) is 28.9 Å². The summed E-state index contributed by atoms with van der Waals surface area (Å²) in [5.74, 6) is -0.264. The number of imidazole rings is 2. The predicted octanol–water partition coefficient (Wildman–Crippen LogP) is 8.60. The number of fused-ring (bicyclic) bond motifs is 1. The van der Waals surface area contributed by atoms with Crippen LogP contribution in [0, 0.1) is 0 Å². The summed E-state index contributed by atoms with van der Waals surface area (Å²) in [5, 5.41) is 5.35. The van der Waals surface area contributed by atoms with Gasteiger partial charge < -0.3 is 35.1 Å². The van der Waals surface area contributed by atoms with E-state index in [1.807, 2.05) is 89.3 Å². The molecule has 3 aromatic carbocycles. The highest BCUT2D eigenvalue weighted by Gasteiger charge is 2.30. The number of nitrogens with zero attached hydrogens (tertiary/aromatic N) is 4. The molecule has 0 spiro atoms. The Kier molecular flexibility index (Phi) is 14.4. The summed E-state index contributed by atoms with van der Waals surface area (Å²) in [6, 6.07) is 30.5. The molecular formula is C46H48N8O5S2. The largest absolute Gasteiger partial charge is 0.453 e. The van der Waals surface area contributed by atoms with Crippen molar-refractivity contribution in [2.45, 2.75) is 44.7 Å². The highest BCUT2D eigenvalue weighted by atomic mass is 32.1. The number of benzene rings is 3. The Morgan fingerprint density at radius 1 is 0.623 bits per heavy atom. The molecule has 15 heteroatoms. The molecule has 13 nitrogen and oxygen atoms in total. The molecule has 0 bridgehead atoms. The van der Waals surface area contributed by atoms with Crippen LogP contribution < -0.4 is 10.6 Å². The lowest BCUT2D eigenvalue weighted by molar-refractivity contribution is -0.135. The summed E-state index contributed by atoms with van der Waals surface area (Å²) in [6.07, 6.45) is 10.7. The average molecular weight is 857 g/mol. The van der Waals surface area contributed by atoms with E-state index in [2.05, 4.69) is 71.7 Å². The smallest absolute Gasteiger partial charge is 0.407 e. The molecule has 314 valence electrons. The topological polar surface area (TPSA) is 165 Å². The maximum atomic E-state index is 12.5. The van der Waals surface area contributed by atoms with Crippen molar-refractivity contribution in [2.75, 3.05) is 33.3 Å². The minimum absolute atomic E-state index is 0.00565. The Hall–Kier alpha value is -6.58. The molecule has 2 unspecified atom stereocenters. The average Bonchev–Trinajstić information content (AvgIpc) is 4.15. The fourth-order valence-corrected chi connectivity index (χ4v) is 9.59. The van der Waals surface area contributed by atoms with Crippen molar-refractivity contribution in [3.05, 3.63) is 133 Å². The molecule has 6 heterocycles. The monoisotopic (exact) mass is 856 g/mol. The van der Waals surface area contributed by atoms with Crippen molar-refractivity contribution in [1.82, 2.24) is 40.4 Å². The first-order valence-corrected chi connectivity index (χ1v) is 21.8. The number of ether oxygens (including phenoxy) is 1. The summed E-state index contributed by atoms with van der Waals surface area (Å²) < 4.78 is 7.23. The fraction of sp³-hybridized carbons (Fsp3) is 0.261. The van der Waals surface area contributed by atoms with Gasteiger partial charge in [-0.1, -0.05) is 84.9 Å². The van der Waals surface area contributed by atoms with E-state index >= 15 is 0 Å². The Morgan fingerprint density at radius 2 is 1.08 bits per heavy atom. The van der Waals surface area contributed by atoms with Gasteiger partial charge in [0.05, 0.1) is 48.4 Å². The molecule has 9 rings (SSSR count). The summed E-state index contributed by atoms with van der Waals surface area (Å²) in [7, 11) is 1.29. The van der Waals surface area contributed by atoms with Crippen LogP contribution in [-0.2, 0) is 19.1 Å². The van der Waals surface area contributed by atoms with Gasteiger partial charge in [0.15, 0.2) is 0 Å². The number of likely N-dealkylation sites (tertiary alicyclic amines) is 2. The number of thiophene rings is 2. The number of hydrogen-bond donors (Lipinski definition) is 4. The third-order valence-corrected chi connectivity index (χ3v) is 12.7. The van der Waals surface area contributed by atoms with Gasteiger partial charge in [-0.25, -0.2) is 14.8 Å². The van der Waals surface area contributed by atoms with E-state index in [-0.39, 0.29) is 17.7 Å². The van der Waals surface area contributed by atoms with E-state index in [1.165, 1.54) is 38.8 Å². The molecule has 2 saturated heterocycles. The number of H-pyrrole nitrogens is 2. The zero-order valence-electron chi connectivity index (χ0n) is 34.0. The fourth-order valence-electron chi connectivity index (χ4n) is 7.22. The van der Waals surface area contributed by atoms with Gasteiger partial charge in [-0.05, 0) is 60.1 Å². The molecule has 4 N–H and O–H groups in total. The number of nitrogens with one attached hydrogen (secondary N) is 4. The van der Waals surface area contributed by atoms with Gasteiger partial charge in [0, 0.05) is 47.4 Å². The van der Waals surface area contributed by atoms with E-state index in [4.69, 9.17) is 0 Å². The molecule has 4 aromatic heterocycles. The molecule has 4 amide bonds. The van der Waals surface area contributed by atoms with Gasteiger partial charge in [0.25, 0.3) is 0 Å². The summed E-state index contributed by atoms with van der Waals surface area (Å²) >= 11 is 3.63. The predicted molar refractivity (Wildman–Crippen MR) is 240 cm³/mol. The zero-order valence-corrected chi connectivity index (χ0v) is 35.6. The van der Waals surface area contributed by atoms with Crippen LogP contribution in [0.3, 0.4) is 0 Å². The van der Waals surface area contributed by atoms with Crippen LogP contribution in [-0.4, -0.2) is 86.8 Å². The first kappa shape index (κ1) is 42.5. The van der Waals surface area contributed by atoms with Crippen molar-refractivity contribution in [1.29, 1.82) is 0 Å². The van der Waals surface area contributed by atoms with E-state index in [0.717, 1.165) is 79.9 Å². The summed E-state index contributed by atoms with van der Waals surface area (Å²) in [4.78, 5) is 68.1. The second-order valence-electron chi connectivity index (χ2n) is 14.5. The zero-order chi connectivity index (χ0) is 42.6. The molecule has 2 aliphatic heterocycles. The van der Waals surface area contributed by atoms with Crippen LogP contribution in [0.1, 0.15) is 55.8 Å². The lowest BCUT2D eigenvalue weighted by Gasteiger charge is -2.23. The Labute approximate surface area is 362 Å². The number of alkyl carbamates (subject to hydrolysis) is 1. The Morgan fingerprint density at radius 3 is 1.56 bits per heavy atom. The summed E-state index contributed by atoms with van der Waals surface area (Å²) in [6.45, 7) is 4.53. The lowest BCUT2D eigenvalue weighted by atomic mass is 10.1. The normalized spacial score (nSPS) is 14.3. The van der Waals surface area contributed by atoms with E-state index < -0.39 is 18.2 Å². The first-order valence-electron chi connectivity index (χ1n) is 20.2. The number of methoxy groups -OCH3 is 1. The standard InChI is InChI=1S/C18H12N4S2.C14H18N2O3.C14H18N2O2/c1-3-12(4-2-11(1)13-7-19-9-21-13)15-5-17-18(23-15)6-16(24-17)14-8-20-10-22-14;1-19-14(18)15-12(11-7-3-2-4-8-11)13(17)16-9-5-6-10-16;1-11(17)15-13(12-7-3-2-4-8-12)14(18)16-9-5-6-10-16/h1-10H,(H,19,21)(H,20,22);2-4,7-8,12H,5-6,9-10H2,1H3,(H,15,18);2-4,7-8,13H,5-6,9-10H2,1H3,(H,15,17). The van der Waals surface area contributed by atoms with Crippen LogP contribution in [0.15, 0.2) is 122 Å². The van der Waals surface area contributed by atoms with Crippen LogP contribution >= 0.6 is 22.7 Å². The number of amides is 4. The molecule has 0 saturated carbocycles. The van der Waals surface area contributed by atoms with Gasteiger partial charge in [-0.15, -0.1) is 22.7 Å². The number of aromatic amines is 2. The van der Waals surface area contributed by atoms with E-state index in [9.17, 15) is 19.2 Å². The van der Waals surface area contributed by atoms with Crippen LogP contribution in [0.2, 0.25) is 0 Å². The van der Waals surface area contributed by atoms with E-state index in [0.29, 0.717) is 0 Å². The molecule has 2 aliphatic rings. The molecule has 0 aliphatic carbocycles. The minimum atomic E-state index is -0.674. The molecular weight excluding hydrogens is 809 g/mol. The van der Waals surface area contributed by atoms with Crippen molar-refractivity contribution >= 4 is 55.9 Å². The maximum Gasteiger partial charge on any atom is 0.407 e. The molecule has 2 atom stereocenters. The molecule has 61 heavy (non-hydrogen) atoms. The third-order valence-electron chi connectivity index (χ3n) is 10.3. The maximum absolute atomic E-state index is 12.5. The SMILES string of the molecule is CC(=O)NC(C(=O)N1CCCC1)c1ccccc1.COC(=O)NC(C(=O)N1CCCC1)c1ccccc1.c1ncc(-c2ccc(-c3cc4sc(-c5cnc[nH]5)cc4s3)cc2)[nH]1. The van der Waals surface area contributed by atoms with Gasteiger partial charge in [0.1, 0.15) is 12.1 Å². The second-order valence-corrected chi connectivity index (χ2v) is 16.7. The highest BCUT2D eigenvalue weighted by molar-refractivity contribution is 7.31. The van der Waals surface area contributed by atoms with Gasteiger partial charge in [-0.2, -0.15) is 0 Å². The summed E-state index contributed by atoms with van der Waals surface area (Å²) in [5.41, 5.74) is 6.12. The minimum Gasteiger partial charge on any atom is -0.453 e. The Balaban J connectivity index is 0.000000140. The van der Waals surface area contributed by atoms with Gasteiger partial charge in [0.2, 0.25) is 17.7 Å². The van der Waals surface area contributed by atoms with Gasteiger partial charge in [-0.3, -0.25) is 14.4 Å². The van der Waals surface area contributed by atoms with Crippen LogP contribution in [0.4, 0.5) is 4.79 Å². The Bertz CT molecular complexity index is 2440. The number of carbonyl (C=O) groups excluding carboxylic acids is 4. The molecule has 7 aromatic rings. The third kappa shape index (κ3) is 11.0. The second kappa shape index (κ2) is 20.6. The molecule has 0 radical (unpaired) electrons. The number of rotatable bonds is 9. The van der Waals surface area contributed by atoms with Crippen molar-refractivity contribution in [2.24, 2.45) is 0 Å². The van der Waals surface area contributed by atoms with Crippen LogP contribution in [0.25, 0.3) is 41.7 Å². The number of carbonyl (C=O) groups is 4. The lowest BCUT2D eigenvalue weighted by Crippen LogP contribution is -2.41. The van der Waals surface area contributed by atoms with Gasteiger partial charge >= 0.3 is 6.09 Å². The van der Waals surface area contributed by atoms with Crippen LogP contribution in [0.5, 0.6) is 0 Å². The van der Waals surface area contributed by atoms with Crippen molar-refractivity contribution in [3.8, 4) is 32.3 Å². The quantitative estimate of drug-likeness (QED) is 0.113. The van der Waals surface area contributed by atoms with Crippen molar-refractivity contribution < 1.29 is 23.9 Å². The number of hydrogen-bond acceptors (Lipinski definition) is 9. The number of aromatic nitrogens is 4.